The van der Waals surface area contributed by atoms with Crippen LogP contribution in [0.3, 0.4) is 0 Å². The van der Waals surface area contributed by atoms with Crippen molar-refractivity contribution >= 4 is 5.97 Å². The molecule has 1 rings (SSSR count). The van der Waals surface area contributed by atoms with Gasteiger partial charge in [-0.1, -0.05) is 6.42 Å². The second kappa shape index (κ2) is 9.30. The highest BCUT2D eigenvalue weighted by Gasteiger charge is 2.13. The average molecular weight is 258 g/mol. The second-order valence-electron chi connectivity index (χ2n) is 4.96. The molecule has 0 amide bonds. The molecule has 0 aromatic heterocycles. The van der Waals surface area contributed by atoms with Gasteiger partial charge in [0.1, 0.15) is 0 Å². The topological polar surface area (TPSA) is 64.0 Å². The maximum Gasteiger partial charge on any atom is 0.303 e. The van der Waals surface area contributed by atoms with Crippen LogP contribution in [-0.4, -0.2) is 71.9 Å². The molecular formula is C13H26N2O3. The molecule has 2 N–H and O–H groups in total. The summed E-state index contributed by atoms with van der Waals surface area (Å²) in [7, 11) is 0. The SMILES string of the molecule is O=C(O)CCCCCN1CCCN(CCO)CC1. The van der Waals surface area contributed by atoms with Gasteiger partial charge in [-0.05, 0) is 38.9 Å². The fourth-order valence-corrected chi connectivity index (χ4v) is 2.40. The third kappa shape index (κ3) is 6.93. The number of aliphatic hydroxyl groups is 1. The van der Waals surface area contributed by atoms with Crippen molar-refractivity contribution in [1.29, 1.82) is 0 Å². The molecule has 0 atom stereocenters. The van der Waals surface area contributed by atoms with Crippen molar-refractivity contribution in [2.45, 2.75) is 32.1 Å². The zero-order valence-corrected chi connectivity index (χ0v) is 11.2. The summed E-state index contributed by atoms with van der Waals surface area (Å²) in [4.78, 5) is 15.1. The predicted octanol–water partition coefficient (Wildman–Crippen LogP) is 0.631. The van der Waals surface area contributed by atoms with Crippen LogP contribution >= 0.6 is 0 Å². The summed E-state index contributed by atoms with van der Waals surface area (Å²) in [6, 6.07) is 0. The molecule has 0 unspecified atom stereocenters. The summed E-state index contributed by atoms with van der Waals surface area (Å²) in [5, 5.41) is 17.5. The smallest absolute Gasteiger partial charge is 0.303 e. The lowest BCUT2D eigenvalue weighted by Gasteiger charge is -2.21. The number of β-amino-alcohol motifs (C(OH)–C–C–N with tert-alkyl or cyclic N) is 1. The Morgan fingerprint density at radius 2 is 1.61 bits per heavy atom. The minimum atomic E-state index is -0.690. The Morgan fingerprint density at radius 3 is 2.22 bits per heavy atom. The van der Waals surface area contributed by atoms with Crippen molar-refractivity contribution in [3.63, 3.8) is 0 Å². The third-order valence-electron chi connectivity index (χ3n) is 3.46. The second-order valence-corrected chi connectivity index (χ2v) is 4.96. The molecule has 1 aliphatic heterocycles. The molecule has 106 valence electrons. The van der Waals surface area contributed by atoms with Crippen LogP contribution in [0.2, 0.25) is 0 Å². The molecule has 5 heteroatoms. The highest BCUT2D eigenvalue weighted by Crippen LogP contribution is 2.06. The molecule has 18 heavy (non-hydrogen) atoms. The van der Waals surface area contributed by atoms with Gasteiger partial charge in [0.2, 0.25) is 0 Å². The molecule has 5 nitrogen and oxygen atoms in total. The molecule has 0 aromatic rings. The number of aliphatic hydroxyl groups excluding tert-OH is 1. The highest BCUT2D eigenvalue weighted by atomic mass is 16.4. The lowest BCUT2D eigenvalue weighted by Crippen LogP contribution is -2.32. The van der Waals surface area contributed by atoms with Crippen LogP contribution in [0, 0.1) is 0 Å². The van der Waals surface area contributed by atoms with Crippen LogP contribution in [0.5, 0.6) is 0 Å². The number of carboxylic acid groups (broad SMARTS) is 1. The fraction of sp³-hybridized carbons (Fsp3) is 0.923. The minimum absolute atomic E-state index is 0.245. The number of aliphatic carboxylic acids is 1. The Balaban J connectivity index is 2.06. The Hall–Kier alpha value is -0.650. The van der Waals surface area contributed by atoms with E-state index in [1.165, 1.54) is 0 Å². The molecule has 1 saturated heterocycles. The zero-order valence-electron chi connectivity index (χ0n) is 11.2. The molecule has 1 heterocycles. The lowest BCUT2D eigenvalue weighted by molar-refractivity contribution is -0.137. The summed E-state index contributed by atoms with van der Waals surface area (Å²) in [6.07, 6.45) is 4.34. The molecule has 0 aliphatic carbocycles. The van der Waals surface area contributed by atoms with Gasteiger partial charge in [0.05, 0.1) is 6.61 Å². The van der Waals surface area contributed by atoms with Crippen LogP contribution < -0.4 is 0 Å². The number of carboxylic acids is 1. The normalized spacial score (nSPS) is 18.7. The van der Waals surface area contributed by atoms with Crippen molar-refractivity contribution in [3.8, 4) is 0 Å². The van der Waals surface area contributed by atoms with E-state index in [-0.39, 0.29) is 6.61 Å². The van der Waals surface area contributed by atoms with Gasteiger partial charge in [-0.3, -0.25) is 9.69 Å². The average Bonchev–Trinajstić information content (AvgIpc) is 2.55. The van der Waals surface area contributed by atoms with Crippen LogP contribution in [0.15, 0.2) is 0 Å². The molecular weight excluding hydrogens is 232 g/mol. The van der Waals surface area contributed by atoms with Gasteiger partial charge in [0.25, 0.3) is 0 Å². The van der Waals surface area contributed by atoms with Crippen LogP contribution in [0.25, 0.3) is 0 Å². The lowest BCUT2D eigenvalue weighted by atomic mass is 10.2. The summed E-state index contributed by atoms with van der Waals surface area (Å²) in [6.45, 7) is 6.42. The molecule has 0 radical (unpaired) electrons. The van der Waals surface area contributed by atoms with Gasteiger partial charge in [-0.25, -0.2) is 0 Å². The maximum absolute atomic E-state index is 10.4. The molecule has 0 spiro atoms. The van der Waals surface area contributed by atoms with E-state index in [1.54, 1.807) is 0 Å². The van der Waals surface area contributed by atoms with Crippen LogP contribution in [0.4, 0.5) is 0 Å². The summed E-state index contributed by atoms with van der Waals surface area (Å²) in [5.41, 5.74) is 0. The van der Waals surface area contributed by atoms with E-state index in [0.717, 1.165) is 65.0 Å². The van der Waals surface area contributed by atoms with Crippen LogP contribution in [-0.2, 0) is 4.79 Å². The van der Waals surface area contributed by atoms with Crippen molar-refractivity contribution in [3.05, 3.63) is 0 Å². The fourth-order valence-electron chi connectivity index (χ4n) is 2.40. The molecule has 1 aliphatic rings. The quantitative estimate of drug-likeness (QED) is 0.625. The largest absolute Gasteiger partial charge is 0.481 e. The van der Waals surface area contributed by atoms with E-state index in [0.29, 0.717) is 6.42 Å². The number of carbonyl (C=O) groups is 1. The van der Waals surface area contributed by atoms with Crippen molar-refractivity contribution in [1.82, 2.24) is 9.80 Å². The van der Waals surface area contributed by atoms with Gasteiger partial charge in [-0.2, -0.15) is 0 Å². The Kier molecular flexibility index (Phi) is 7.96. The summed E-state index contributed by atoms with van der Waals surface area (Å²) in [5.74, 6) is -0.690. The number of nitrogens with zero attached hydrogens (tertiary/aromatic N) is 2. The minimum Gasteiger partial charge on any atom is -0.481 e. The van der Waals surface area contributed by atoms with Gasteiger partial charge in [-0.15, -0.1) is 0 Å². The third-order valence-corrected chi connectivity index (χ3v) is 3.46. The number of hydrogen-bond acceptors (Lipinski definition) is 4. The van der Waals surface area contributed by atoms with E-state index in [4.69, 9.17) is 10.2 Å². The van der Waals surface area contributed by atoms with E-state index in [1.807, 2.05) is 0 Å². The summed E-state index contributed by atoms with van der Waals surface area (Å²) >= 11 is 0. The first-order valence-corrected chi connectivity index (χ1v) is 6.99. The monoisotopic (exact) mass is 258 g/mol. The Morgan fingerprint density at radius 1 is 0.944 bits per heavy atom. The van der Waals surface area contributed by atoms with Gasteiger partial charge < -0.3 is 15.1 Å². The predicted molar refractivity (Wildman–Crippen MR) is 70.7 cm³/mol. The summed E-state index contributed by atoms with van der Waals surface area (Å²) < 4.78 is 0. The maximum atomic E-state index is 10.4. The van der Waals surface area contributed by atoms with Crippen molar-refractivity contribution in [2.24, 2.45) is 0 Å². The number of hydrogen-bond donors (Lipinski definition) is 2. The van der Waals surface area contributed by atoms with E-state index in [9.17, 15) is 4.79 Å². The molecule has 1 fully saturated rings. The van der Waals surface area contributed by atoms with E-state index >= 15 is 0 Å². The highest BCUT2D eigenvalue weighted by molar-refractivity contribution is 5.66. The van der Waals surface area contributed by atoms with E-state index < -0.39 is 5.97 Å². The number of rotatable bonds is 8. The standard InChI is InChI=1S/C13H26N2O3/c16-12-11-15-8-4-7-14(9-10-15)6-3-1-2-5-13(17)18/h16H,1-12H2,(H,17,18). The molecule has 0 saturated carbocycles. The first-order chi connectivity index (χ1) is 8.72. The Labute approximate surface area is 109 Å². The molecule has 0 aromatic carbocycles. The molecule has 0 bridgehead atoms. The first kappa shape index (κ1) is 15.4. The number of unbranched alkanes of at least 4 members (excludes halogenated alkanes) is 2. The van der Waals surface area contributed by atoms with Gasteiger partial charge >= 0.3 is 5.97 Å². The van der Waals surface area contributed by atoms with Crippen molar-refractivity contribution < 1.29 is 15.0 Å². The van der Waals surface area contributed by atoms with Crippen LogP contribution in [0.1, 0.15) is 32.1 Å². The zero-order chi connectivity index (χ0) is 13.2. The van der Waals surface area contributed by atoms with Gasteiger partial charge in [0.15, 0.2) is 0 Å². The first-order valence-electron chi connectivity index (χ1n) is 6.99. The van der Waals surface area contributed by atoms with Crippen molar-refractivity contribution in [2.75, 3.05) is 45.9 Å². The Bertz CT molecular complexity index is 236. The van der Waals surface area contributed by atoms with E-state index in [2.05, 4.69) is 9.80 Å². The van der Waals surface area contributed by atoms with Gasteiger partial charge in [0, 0.05) is 26.1 Å².